The van der Waals surface area contributed by atoms with Crippen LogP contribution in [0.3, 0.4) is 0 Å². The minimum Gasteiger partial charge on any atom is -0.361 e. The fraction of sp³-hybridized carbons (Fsp3) is 0.280. The van der Waals surface area contributed by atoms with Crippen LogP contribution in [0, 0.1) is 13.8 Å². The van der Waals surface area contributed by atoms with E-state index >= 15 is 0 Å². The molecule has 5 rings (SSSR count). The van der Waals surface area contributed by atoms with Gasteiger partial charge in [-0.1, -0.05) is 30.3 Å². The number of para-hydroxylation sites is 1. The Hall–Kier alpha value is -3.18. The largest absolute Gasteiger partial charge is 0.361 e. The quantitative estimate of drug-likeness (QED) is 0.563. The number of rotatable bonds is 4. The standard InChI is InChI=1S/C25H26N4O/c1-17-6-5-9-24-27-18(2)20(25(30)29(17)24)12-15-28-13-10-19(11-14-28)22-16-26-23-8-4-3-7-21(22)23/h3-10,16,26H,11-15H2,1-2H3. The lowest BCUT2D eigenvalue weighted by atomic mass is 9.98. The van der Waals surface area contributed by atoms with Crippen LogP contribution in [-0.4, -0.2) is 38.9 Å². The molecular formula is C25H26N4O. The van der Waals surface area contributed by atoms with Crippen LogP contribution >= 0.6 is 0 Å². The van der Waals surface area contributed by atoms with Crippen molar-refractivity contribution in [3.8, 4) is 0 Å². The van der Waals surface area contributed by atoms with E-state index < -0.39 is 0 Å². The first-order valence-electron chi connectivity index (χ1n) is 10.6. The van der Waals surface area contributed by atoms with Crippen LogP contribution in [0.4, 0.5) is 0 Å². The summed E-state index contributed by atoms with van der Waals surface area (Å²) in [5.74, 6) is 0. The van der Waals surface area contributed by atoms with Gasteiger partial charge in [0.1, 0.15) is 5.65 Å². The summed E-state index contributed by atoms with van der Waals surface area (Å²) in [5, 5.41) is 1.29. The topological polar surface area (TPSA) is 53.4 Å². The van der Waals surface area contributed by atoms with Gasteiger partial charge in [0, 0.05) is 59.2 Å². The number of benzene rings is 1. The lowest BCUT2D eigenvalue weighted by Gasteiger charge is -2.26. The number of hydrogen-bond donors (Lipinski definition) is 1. The van der Waals surface area contributed by atoms with Gasteiger partial charge < -0.3 is 4.98 Å². The summed E-state index contributed by atoms with van der Waals surface area (Å²) in [6.45, 7) is 6.69. The van der Waals surface area contributed by atoms with E-state index in [-0.39, 0.29) is 5.56 Å². The van der Waals surface area contributed by atoms with E-state index in [4.69, 9.17) is 0 Å². The summed E-state index contributed by atoms with van der Waals surface area (Å²) in [4.78, 5) is 23.5. The molecule has 1 aromatic carbocycles. The van der Waals surface area contributed by atoms with Gasteiger partial charge in [0.05, 0.1) is 0 Å². The summed E-state index contributed by atoms with van der Waals surface area (Å²) < 4.78 is 1.73. The third-order valence-corrected chi connectivity index (χ3v) is 6.25. The van der Waals surface area contributed by atoms with Crippen LogP contribution in [0.1, 0.15) is 28.9 Å². The van der Waals surface area contributed by atoms with Gasteiger partial charge in [-0.2, -0.15) is 0 Å². The van der Waals surface area contributed by atoms with Gasteiger partial charge in [0.2, 0.25) is 0 Å². The van der Waals surface area contributed by atoms with Crippen LogP contribution in [0.5, 0.6) is 0 Å². The molecule has 0 radical (unpaired) electrons. The molecule has 30 heavy (non-hydrogen) atoms. The lowest BCUT2D eigenvalue weighted by molar-refractivity contribution is 0.305. The second kappa shape index (κ2) is 7.58. The lowest BCUT2D eigenvalue weighted by Crippen LogP contribution is -2.32. The molecule has 152 valence electrons. The van der Waals surface area contributed by atoms with Gasteiger partial charge >= 0.3 is 0 Å². The summed E-state index contributed by atoms with van der Waals surface area (Å²) >= 11 is 0. The zero-order valence-corrected chi connectivity index (χ0v) is 17.5. The molecule has 5 nitrogen and oxygen atoms in total. The number of aromatic amines is 1. The summed E-state index contributed by atoms with van der Waals surface area (Å²) in [6, 6.07) is 14.3. The van der Waals surface area contributed by atoms with Gasteiger partial charge in [-0.05, 0) is 50.5 Å². The van der Waals surface area contributed by atoms with Crippen LogP contribution in [-0.2, 0) is 6.42 Å². The Labute approximate surface area is 175 Å². The molecule has 0 saturated heterocycles. The van der Waals surface area contributed by atoms with Crippen molar-refractivity contribution in [2.75, 3.05) is 19.6 Å². The molecule has 0 spiro atoms. The van der Waals surface area contributed by atoms with Crippen molar-refractivity contribution in [1.29, 1.82) is 0 Å². The van der Waals surface area contributed by atoms with Gasteiger partial charge in [-0.15, -0.1) is 0 Å². The zero-order chi connectivity index (χ0) is 20.7. The maximum Gasteiger partial charge on any atom is 0.261 e. The maximum absolute atomic E-state index is 13.1. The average molecular weight is 399 g/mol. The zero-order valence-electron chi connectivity index (χ0n) is 17.5. The van der Waals surface area contributed by atoms with Crippen molar-refractivity contribution in [1.82, 2.24) is 19.3 Å². The fourth-order valence-electron chi connectivity index (χ4n) is 4.54. The number of nitrogens with zero attached hydrogens (tertiary/aromatic N) is 3. The predicted molar refractivity (Wildman–Crippen MR) is 122 cm³/mol. The highest BCUT2D eigenvalue weighted by Gasteiger charge is 2.17. The van der Waals surface area contributed by atoms with E-state index in [1.165, 1.54) is 22.0 Å². The number of fused-ring (bicyclic) bond motifs is 2. The minimum absolute atomic E-state index is 0.0719. The number of aryl methyl sites for hydroxylation is 2. The Morgan fingerprint density at radius 1 is 1.10 bits per heavy atom. The number of hydrogen-bond acceptors (Lipinski definition) is 3. The first kappa shape index (κ1) is 18.8. The highest BCUT2D eigenvalue weighted by molar-refractivity contribution is 5.92. The molecule has 5 heteroatoms. The predicted octanol–water partition coefficient (Wildman–Crippen LogP) is 4.12. The first-order valence-corrected chi connectivity index (χ1v) is 10.6. The smallest absolute Gasteiger partial charge is 0.261 e. The summed E-state index contributed by atoms with van der Waals surface area (Å²) in [7, 11) is 0. The third kappa shape index (κ3) is 3.25. The monoisotopic (exact) mass is 398 g/mol. The van der Waals surface area contributed by atoms with E-state index in [0.717, 1.165) is 55.1 Å². The molecule has 0 amide bonds. The Kier molecular flexibility index (Phi) is 4.75. The number of pyridine rings is 1. The molecule has 0 bridgehead atoms. The third-order valence-electron chi connectivity index (χ3n) is 6.25. The molecule has 0 aliphatic carbocycles. The Morgan fingerprint density at radius 3 is 2.80 bits per heavy atom. The van der Waals surface area contributed by atoms with Crippen molar-refractivity contribution < 1.29 is 0 Å². The van der Waals surface area contributed by atoms with Crippen molar-refractivity contribution in [3.05, 3.63) is 87.6 Å². The fourth-order valence-corrected chi connectivity index (χ4v) is 4.54. The minimum atomic E-state index is 0.0719. The molecule has 1 aliphatic heterocycles. The van der Waals surface area contributed by atoms with Crippen molar-refractivity contribution in [3.63, 3.8) is 0 Å². The molecule has 3 aromatic heterocycles. The van der Waals surface area contributed by atoms with Gasteiger partial charge in [-0.25, -0.2) is 4.98 Å². The van der Waals surface area contributed by atoms with Crippen LogP contribution in [0.25, 0.3) is 22.1 Å². The van der Waals surface area contributed by atoms with Crippen LogP contribution < -0.4 is 5.56 Å². The van der Waals surface area contributed by atoms with Crippen molar-refractivity contribution in [2.24, 2.45) is 0 Å². The second-order valence-corrected chi connectivity index (χ2v) is 8.12. The second-order valence-electron chi connectivity index (χ2n) is 8.12. The normalized spacial score (nSPS) is 15.1. The highest BCUT2D eigenvalue weighted by Crippen LogP contribution is 2.29. The molecule has 0 atom stereocenters. The average Bonchev–Trinajstić information content (AvgIpc) is 3.18. The van der Waals surface area contributed by atoms with E-state index in [0.29, 0.717) is 0 Å². The highest BCUT2D eigenvalue weighted by atomic mass is 16.1. The molecular weight excluding hydrogens is 372 g/mol. The van der Waals surface area contributed by atoms with Crippen molar-refractivity contribution >= 4 is 22.1 Å². The van der Waals surface area contributed by atoms with Gasteiger partial charge in [0.25, 0.3) is 5.56 Å². The molecule has 0 saturated carbocycles. The molecule has 4 aromatic rings. The van der Waals surface area contributed by atoms with E-state index in [1.807, 2.05) is 32.0 Å². The van der Waals surface area contributed by atoms with Gasteiger partial charge in [-0.3, -0.25) is 14.1 Å². The van der Waals surface area contributed by atoms with E-state index in [2.05, 4.69) is 51.4 Å². The molecule has 0 fully saturated rings. The maximum atomic E-state index is 13.1. The number of H-pyrrole nitrogens is 1. The summed E-state index contributed by atoms with van der Waals surface area (Å²) in [5.41, 5.74) is 7.30. The SMILES string of the molecule is Cc1nc2cccc(C)n2c(=O)c1CCN1CC=C(c2c[nH]c3ccccc23)CC1. The number of aromatic nitrogens is 3. The van der Waals surface area contributed by atoms with E-state index in [9.17, 15) is 4.79 Å². The van der Waals surface area contributed by atoms with Crippen molar-refractivity contribution in [2.45, 2.75) is 26.7 Å². The Morgan fingerprint density at radius 2 is 1.97 bits per heavy atom. The summed E-state index contributed by atoms with van der Waals surface area (Å²) in [6.07, 6.45) is 6.21. The van der Waals surface area contributed by atoms with Gasteiger partial charge in [0.15, 0.2) is 0 Å². The molecule has 4 heterocycles. The molecule has 0 unspecified atom stereocenters. The number of nitrogens with one attached hydrogen (secondary N) is 1. The Bertz CT molecular complexity index is 1330. The molecule has 1 aliphatic rings. The van der Waals surface area contributed by atoms with Crippen LogP contribution in [0.15, 0.2) is 59.5 Å². The van der Waals surface area contributed by atoms with E-state index in [1.54, 1.807) is 4.40 Å². The van der Waals surface area contributed by atoms with Crippen LogP contribution in [0.2, 0.25) is 0 Å². The first-order chi connectivity index (χ1) is 14.6. The Balaban J connectivity index is 1.33. The molecule has 1 N–H and O–H groups in total.